The van der Waals surface area contributed by atoms with Gasteiger partial charge in [-0.2, -0.15) is 30.1 Å². The Bertz CT molecular complexity index is 5580. The lowest BCUT2D eigenvalue weighted by Crippen LogP contribution is -2.24. The molecule has 530 valence electrons. The highest BCUT2D eigenvalue weighted by molar-refractivity contribution is 7.13. The number of furan rings is 1. The molecule has 23 nitrogen and oxygen atoms in total. The molecule has 0 saturated heterocycles. The molecule has 0 fully saturated rings. The number of rotatable bonds is 11. The van der Waals surface area contributed by atoms with Crippen molar-refractivity contribution in [2.45, 2.75) is 27.3 Å². The maximum atomic E-state index is 12.0. The van der Waals surface area contributed by atoms with Crippen LogP contribution in [0.2, 0.25) is 0 Å². The molecule has 14 rings (SSSR count). The number of guanidine groups is 5. The largest absolute Gasteiger partial charge is 0.472 e. The van der Waals surface area contributed by atoms with Crippen LogP contribution in [0.25, 0.3) is 97.7 Å². The van der Waals surface area contributed by atoms with Crippen molar-refractivity contribution in [2.24, 2.45) is 88.2 Å². The number of aryl methyl sites for hydroxylation is 1. The van der Waals surface area contributed by atoms with Crippen molar-refractivity contribution >= 4 is 125 Å². The minimum Gasteiger partial charge on any atom is -0.472 e. The minimum absolute atomic E-state index is 0.223. The Morgan fingerprint density at radius 2 is 0.764 bits per heavy atom. The number of carbonyl (C=O) groups is 5. The monoisotopic (exact) mass is 1430 g/mol. The predicted octanol–water partition coefficient (Wildman–Crippen LogP) is 12.8. The molecule has 0 bridgehead atoms. The van der Waals surface area contributed by atoms with Gasteiger partial charge in [0.25, 0.3) is 29.5 Å². The van der Waals surface area contributed by atoms with Crippen LogP contribution in [0.3, 0.4) is 0 Å². The minimum atomic E-state index is -0.453. The highest BCUT2D eigenvalue weighted by atomic mass is 32.1. The van der Waals surface area contributed by atoms with Crippen molar-refractivity contribution in [1.29, 1.82) is 0 Å². The summed E-state index contributed by atoms with van der Waals surface area (Å²) in [5.41, 5.74) is 63.4. The summed E-state index contributed by atoms with van der Waals surface area (Å²) < 4.78 is 7.08. The molecule has 20 N–H and O–H groups in total. The third-order valence-electron chi connectivity index (χ3n) is 16.1. The van der Waals surface area contributed by atoms with Crippen LogP contribution in [0.15, 0.2) is 290 Å². The number of thiophene rings is 1. The Morgan fingerprint density at radius 1 is 0.387 bits per heavy atom. The summed E-state index contributed by atoms with van der Waals surface area (Å²) in [6.45, 7) is 7.22. The van der Waals surface area contributed by atoms with Gasteiger partial charge in [0.15, 0.2) is 29.8 Å². The van der Waals surface area contributed by atoms with E-state index < -0.39 is 29.5 Å². The molecule has 0 spiro atoms. The van der Waals surface area contributed by atoms with Crippen molar-refractivity contribution in [3.8, 4) is 43.8 Å². The average molecular weight is 1430 g/mol. The topological polar surface area (TPSA) is 438 Å². The van der Waals surface area contributed by atoms with E-state index in [1.807, 2.05) is 157 Å². The molecule has 106 heavy (non-hydrogen) atoms. The molecule has 0 saturated carbocycles. The zero-order valence-electron chi connectivity index (χ0n) is 57.9. The van der Waals surface area contributed by atoms with Gasteiger partial charge in [-0.1, -0.05) is 177 Å². The quantitative estimate of drug-likeness (QED) is 0.0425. The van der Waals surface area contributed by atoms with Crippen molar-refractivity contribution in [2.75, 3.05) is 0 Å². The van der Waals surface area contributed by atoms with Gasteiger partial charge in [0.1, 0.15) is 0 Å². The van der Waals surface area contributed by atoms with E-state index >= 15 is 0 Å². The van der Waals surface area contributed by atoms with Gasteiger partial charge >= 0.3 is 0 Å². The van der Waals surface area contributed by atoms with E-state index in [-0.39, 0.29) is 29.8 Å². The van der Waals surface area contributed by atoms with E-state index in [2.05, 4.69) is 86.4 Å². The van der Waals surface area contributed by atoms with Crippen LogP contribution in [0.5, 0.6) is 0 Å². The van der Waals surface area contributed by atoms with Gasteiger partial charge in [0.05, 0.1) is 18.7 Å². The molecule has 24 heteroatoms. The van der Waals surface area contributed by atoms with Gasteiger partial charge < -0.3 is 61.8 Å². The molecule has 0 radical (unpaired) electrons. The number of aliphatic imine (C=N–C) groups is 5. The van der Waals surface area contributed by atoms with Crippen molar-refractivity contribution < 1.29 is 28.4 Å². The zero-order valence-corrected chi connectivity index (χ0v) is 58.7. The molecule has 0 unspecified atom stereocenters. The Kier molecular flexibility index (Phi) is 24.1. The van der Waals surface area contributed by atoms with E-state index in [1.165, 1.54) is 10.4 Å². The number of hydrogen-bond acceptors (Lipinski definition) is 8. The fourth-order valence-corrected chi connectivity index (χ4v) is 12.3. The fourth-order valence-electron chi connectivity index (χ4n) is 11.5. The number of amides is 5. The lowest BCUT2D eigenvalue weighted by molar-refractivity contribution is 0.0994. The Hall–Kier alpha value is -14.4. The SMILES string of the molecule is CC(C)Cn1cc(-c2cccc3cc(C(=O)N=C(N)N)ccc23)cn1.Cc1ccc2cc(C(=O)N=C(N)N)ccc2c1.NC(N)=NC(=O)c1ccc2c(-c3ccccc3)cccc2c1.NC(N)=NC(=O)c1ccc2c(-c3cccs3)cccc2c1.NC(N)=NC(=O)c1ccc2c(-c3ccoc3)cccc2c1. The molecule has 11 aromatic carbocycles. The van der Waals surface area contributed by atoms with Crippen LogP contribution in [-0.2, 0) is 6.54 Å². The first kappa shape index (κ1) is 74.3. The van der Waals surface area contributed by atoms with Crippen LogP contribution < -0.4 is 57.3 Å². The lowest BCUT2D eigenvalue weighted by Gasteiger charge is -2.08. The second-order valence-electron chi connectivity index (χ2n) is 24.4. The van der Waals surface area contributed by atoms with Gasteiger partial charge in [-0.25, -0.2) is 0 Å². The van der Waals surface area contributed by atoms with Crippen LogP contribution in [-0.4, -0.2) is 69.1 Å². The molecular formula is C82H75N17O6S. The van der Waals surface area contributed by atoms with Gasteiger partial charge in [-0.05, 0) is 173 Å². The number of nitrogens with zero attached hydrogens (tertiary/aromatic N) is 7. The van der Waals surface area contributed by atoms with E-state index in [0.29, 0.717) is 33.7 Å². The maximum Gasteiger partial charge on any atom is 0.280 e. The summed E-state index contributed by atoms with van der Waals surface area (Å²) in [5.74, 6) is -2.83. The number of aromatic nitrogens is 2. The Balaban J connectivity index is 0.000000142. The highest BCUT2D eigenvalue weighted by Gasteiger charge is 2.15. The molecule has 5 amide bonds. The van der Waals surface area contributed by atoms with Crippen LogP contribution in [0.1, 0.15) is 71.2 Å². The van der Waals surface area contributed by atoms with E-state index in [0.717, 1.165) is 99.4 Å². The number of benzene rings is 11. The molecule has 14 aromatic rings. The van der Waals surface area contributed by atoms with Crippen molar-refractivity contribution in [3.05, 3.63) is 294 Å². The summed E-state index contributed by atoms with van der Waals surface area (Å²) in [7, 11) is 0. The standard InChI is InChI=1S/C19H21N5O.C18H15N3O.C16H13N3O2.C16H13N3OS.C13H13N3O/c1-12(2)10-24-11-15(9-22-24)16-5-3-4-13-8-14(6-7-17(13)16)18(25)23-19(20)21;19-18(20)21-17(22)14-9-10-16-13(11-14)7-4-8-15(16)12-5-2-1-3-6-12;17-16(18)19-15(20)11-4-5-14-10(8-11)2-1-3-13(14)12-6-7-21-9-12;17-16(18)19-15(20)11-6-7-12-10(9-11)3-1-4-13(12)14-5-2-8-21-14;1-8-2-3-10-7-11(5-4-9(10)6-8)12(17)16-13(14)15/h3-9,11-12H,10H2,1-2H3,(H4,20,21,23,25);1-11H,(H4,19,20,21,22);2*1-9H,(H4,17,18,19,20);2-7H,1H3,(H4,14,15,16,17). The highest BCUT2D eigenvalue weighted by Crippen LogP contribution is 2.35. The average Bonchev–Trinajstić information content (AvgIpc) is 1.80. The number of hydrogen-bond donors (Lipinski definition) is 10. The molecular weight excluding hydrogens is 1350 g/mol. The molecule has 0 aliphatic heterocycles. The van der Waals surface area contributed by atoms with Crippen LogP contribution >= 0.6 is 11.3 Å². The molecule has 0 aliphatic carbocycles. The first-order chi connectivity index (χ1) is 50.9. The normalized spacial score (nSPS) is 10.5. The predicted molar refractivity (Wildman–Crippen MR) is 428 cm³/mol. The number of fused-ring (bicyclic) bond motifs is 5. The summed E-state index contributed by atoms with van der Waals surface area (Å²) >= 11 is 1.69. The van der Waals surface area contributed by atoms with Crippen molar-refractivity contribution in [1.82, 2.24) is 9.78 Å². The maximum absolute atomic E-state index is 12.0. The second kappa shape index (κ2) is 34.3. The van der Waals surface area contributed by atoms with E-state index in [9.17, 15) is 24.0 Å². The fraction of sp³-hybridized carbons (Fsp3) is 0.0610. The first-order valence-corrected chi connectivity index (χ1v) is 33.8. The summed E-state index contributed by atoms with van der Waals surface area (Å²) in [6, 6.07) is 73.2. The molecule has 0 aliphatic rings. The zero-order chi connectivity index (χ0) is 75.6. The molecule has 0 atom stereocenters. The summed E-state index contributed by atoms with van der Waals surface area (Å²) in [5, 5.41) is 16.7. The third kappa shape index (κ3) is 19.4. The van der Waals surface area contributed by atoms with Crippen LogP contribution in [0, 0.1) is 12.8 Å². The summed E-state index contributed by atoms with van der Waals surface area (Å²) in [6.07, 6.45) is 7.24. The van der Waals surface area contributed by atoms with Gasteiger partial charge in [-0.3, -0.25) is 28.7 Å². The smallest absolute Gasteiger partial charge is 0.280 e. The lowest BCUT2D eigenvalue weighted by atomic mass is 9.97. The Morgan fingerprint density at radius 3 is 1.16 bits per heavy atom. The Labute approximate surface area is 613 Å². The molecule has 3 heterocycles. The summed E-state index contributed by atoms with van der Waals surface area (Å²) in [4.78, 5) is 78.2. The number of nitrogens with two attached hydrogens (primary N) is 10. The van der Waals surface area contributed by atoms with Crippen molar-refractivity contribution in [3.63, 3.8) is 0 Å². The third-order valence-corrected chi connectivity index (χ3v) is 17.0. The van der Waals surface area contributed by atoms with Gasteiger partial charge in [-0.15, -0.1) is 11.3 Å². The number of carbonyl (C=O) groups excluding carboxylic acids is 5. The first-order valence-electron chi connectivity index (χ1n) is 32.9. The van der Waals surface area contributed by atoms with Gasteiger partial charge in [0, 0.05) is 56.6 Å². The van der Waals surface area contributed by atoms with Gasteiger partial charge in [0.2, 0.25) is 0 Å². The van der Waals surface area contributed by atoms with E-state index in [1.54, 1.807) is 84.5 Å². The second-order valence-corrected chi connectivity index (χ2v) is 25.4. The molecule has 3 aromatic heterocycles. The van der Waals surface area contributed by atoms with E-state index in [4.69, 9.17) is 61.8 Å². The van der Waals surface area contributed by atoms with Crippen LogP contribution in [0.4, 0.5) is 0 Å².